The zero-order chi connectivity index (χ0) is 17.9. The van der Waals surface area contributed by atoms with Crippen LogP contribution in [0.2, 0.25) is 0 Å². The molecular formula is C22H19FN2O. The highest BCUT2D eigenvalue weighted by molar-refractivity contribution is 5.83. The Morgan fingerprint density at radius 1 is 1.00 bits per heavy atom. The molecular weight excluding hydrogens is 327 g/mol. The molecule has 1 N–H and O–H groups in total. The van der Waals surface area contributed by atoms with Gasteiger partial charge in [-0.3, -0.25) is 9.78 Å². The maximum absolute atomic E-state index is 14.0. The number of hydrogen-bond acceptors (Lipinski definition) is 2. The number of nitrogens with one attached hydrogen (secondary N) is 1. The number of nitrogens with zero attached hydrogens (tertiary/aromatic N) is 1. The van der Waals surface area contributed by atoms with Crippen molar-refractivity contribution in [3.8, 4) is 0 Å². The Balaban J connectivity index is 1.54. The van der Waals surface area contributed by atoms with Gasteiger partial charge in [-0.2, -0.15) is 0 Å². The van der Waals surface area contributed by atoms with Gasteiger partial charge in [0.1, 0.15) is 5.82 Å². The summed E-state index contributed by atoms with van der Waals surface area (Å²) in [6.45, 7) is 0. The highest BCUT2D eigenvalue weighted by Gasteiger charge is 2.45. The molecule has 4 rings (SSSR count). The molecule has 4 heteroatoms. The molecule has 130 valence electrons. The fourth-order valence-corrected chi connectivity index (χ4v) is 3.37. The van der Waals surface area contributed by atoms with Crippen LogP contribution >= 0.6 is 0 Å². The number of benzene rings is 2. The molecule has 0 saturated heterocycles. The Bertz CT molecular complexity index is 859. The second kappa shape index (κ2) is 7.08. The van der Waals surface area contributed by atoms with E-state index in [0.717, 1.165) is 11.3 Å². The van der Waals surface area contributed by atoms with Crippen molar-refractivity contribution in [2.24, 2.45) is 5.92 Å². The van der Waals surface area contributed by atoms with Gasteiger partial charge in [0.2, 0.25) is 5.91 Å². The molecule has 1 heterocycles. The van der Waals surface area contributed by atoms with Crippen LogP contribution in [0.25, 0.3) is 0 Å². The summed E-state index contributed by atoms with van der Waals surface area (Å²) in [5, 5.41) is 3.11. The van der Waals surface area contributed by atoms with Crippen LogP contribution in [0.15, 0.2) is 79.0 Å². The third-order valence-electron chi connectivity index (χ3n) is 4.83. The molecule has 26 heavy (non-hydrogen) atoms. The molecule has 1 aromatic heterocycles. The topological polar surface area (TPSA) is 42.0 Å². The summed E-state index contributed by atoms with van der Waals surface area (Å²) in [5.41, 5.74) is 2.39. The summed E-state index contributed by atoms with van der Waals surface area (Å²) < 4.78 is 14.0. The van der Waals surface area contributed by atoms with Crippen LogP contribution in [-0.4, -0.2) is 10.9 Å². The molecule has 0 unspecified atom stereocenters. The average molecular weight is 346 g/mol. The first-order chi connectivity index (χ1) is 12.7. The average Bonchev–Trinajstić information content (AvgIpc) is 3.48. The zero-order valence-electron chi connectivity index (χ0n) is 14.2. The van der Waals surface area contributed by atoms with Gasteiger partial charge >= 0.3 is 0 Å². The quantitative estimate of drug-likeness (QED) is 0.751. The van der Waals surface area contributed by atoms with Crippen molar-refractivity contribution >= 4 is 5.91 Å². The number of pyridine rings is 1. The van der Waals surface area contributed by atoms with E-state index in [4.69, 9.17) is 0 Å². The number of halogens is 1. The summed E-state index contributed by atoms with van der Waals surface area (Å²) in [5.74, 6) is -0.534. The van der Waals surface area contributed by atoms with Gasteiger partial charge in [0.25, 0.3) is 0 Å². The third-order valence-corrected chi connectivity index (χ3v) is 4.83. The third kappa shape index (κ3) is 3.36. The molecule has 1 saturated carbocycles. The number of hydrogen-bond donors (Lipinski definition) is 1. The Labute approximate surface area is 151 Å². The van der Waals surface area contributed by atoms with Gasteiger partial charge in [-0.25, -0.2) is 4.39 Å². The highest BCUT2D eigenvalue weighted by Crippen LogP contribution is 2.48. The van der Waals surface area contributed by atoms with E-state index in [0.29, 0.717) is 12.0 Å². The monoisotopic (exact) mass is 346 g/mol. The van der Waals surface area contributed by atoms with Crippen LogP contribution in [-0.2, 0) is 4.79 Å². The first-order valence-electron chi connectivity index (χ1n) is 8.74. The van der Waals surface area contributed by atoms with Gasteiger partial charge in [0.15, 0.2) is 0 Å². The minimum atomic E-state index is -0.313. The van der Waals surface area contributed by atoms with E-state index in [1.807, 2.05) is 54.6 Å². The van der Waals surface area contributed by atoms with E-state index in [-0.39, 0.29) is 29.6 Å². The van der Waals surface area contributed by atoms with Gasteiger partial charge in [0, 0.05) is 12.1 Å². The summed E-state index contributed by atoms with van der Waals surface area (Å²) >= 11 is 0. The molecule has 1 fully saturated rings. The van der Waals surface area contributed by atoms with Crippen LogP contribution in [0, 0.1) is 11.7 Å². The number of aromatic nitrogens is 1. The number of carbonyl (C=O) groups is 1. The maximum atomic E-state index is 14.0. The van der Waals surface area contributed by atoms with Crippen molar-refractivity contribution in [2.75, 3.05) is 0 Å². The van der Waals surface area contributed by atoms with E-state index < -0.39 is 0 Å². The molecule has 3 atom stereocenters. The molecule has 3 nitrogen and oxygen atoms in total. The van der Waals surface area contributed by atoms with Crippen LogP contribution in [0.1, 0.15) is 35.2 Å². The molecule has 0 radical (unpaired) electrons. The molecule has 0 aliphatic heterocycles. The van der Waals surface area contributed by atoms with Crippen molar-refractivity contribution < 1.29 is 9.18 Å². The highest BCUT2D eigenvalue weighted by atomic mass is 19.1. The molecule has 0 spiro atoms. The molecule has 0 bridgehead atoms. The van der Waals surface area contributed by atoms with Crippen molar-refractivity contribution in [3.63, 3.8) is 0 Å². The lowest BCUT2D eigenvalue weighted by atomic mass is 10.0. The largest absolute Gasteiger partial charge is 0.343 e. The van der Waals surface area contributed by atoms with Gasteiger partial charge in [0.05, 0.1) is 11.7 Å². The lowest BCUT2D eigenvalue weighted by Crippen LogP contribution is -2.31. The van der Waals surface area contributed by atoms with Crippen molar-refractivity contribution in [3.05, 3.63) is 102 Å². The number of amides is 1. The number of rotatable bonds is 5. The summed E-state index contributed by atoms with van der Waals surface area (Å²) in [6.07, 6.45) is 2.40. The second-order valence-electron chi connectivity index (χ2n) is 6.58. The lowest BCUT2D eigenvalue weighted by molar-refractivity contribution is -0.122. The summed E-state index contributed by atoms with van der Waals surface area (Å²) in [6, 6.07) is 21.8. The van der Waals surface area contributed by atoms with Crippen molar-refractivity contribution in [1.29, 1.82) is 0 Å². The maximum Gasteiger partial charge on any atom is 0.224 e. The van der Waals surface area contributed by atoms with Crippen LogP contribution in [0.3, 0.4) is 0 Å². The van der Waals surface area contributed by atoms with Gasteiger partial charge < -0.3 is 5.32 Å². The Morgan fingerprint density at radius 2 is 1.73 bits per heavy atom. The van der Waals surface area contributed by atoms with E-state index in [1.165, 1.54) is 6.07 Å². The first kappa shape index (κ1) is 16.5. The van der Waals surface area contributed by atoms with E-state index >= 15 is 0 Å². The Hall–Kier alpha value is -3.01. The fraction of sp³-hybridized carbons (Fsp3) is 0.182. The molecule has 1 amide bonds. The minimum Gasteiger partial charge on any atom is -0.343 e. The molecule has 1 aliphatic carbocycles. The Morgan fingerprint density at radius 3 is 2.46 bits per heavy atom. The van der Waals surface area contributed by atoms with E-state index in [9.17, 15) is 9.18 Å². The molecule has 2 aromatic carbocycles. The molecule has 1 aliphatic rings. The predicted molar refractivity (Wildman–Crippen MR) is 97.9 cm³/mol. The standard InChI is InChI=1S/C22H19FN2O/c23-19-11-5-4-10-16(19)17-14-18(17)22(26)25-21(15-8-2-1-3-9-15)20-12-6-7-13-24-20/h1-13,17-18,21H,14H2,(H,25,26)/t17-,18-,21+/m0/s1. The van der Waals surface area contributed by atoms with Crippen LogP contribution in [0.4, 0.5) is 4.39 Å². The van der Waals surface area contributed by atoms with Gasteiger partial charge in [-0.05, 0) is 41.7 Å². The zero-order valence-corrected chi connectivity index (χ0v) is 14.2. The second-order valence-corrected chi connectivity index (χ2v) is 6.58. The minimum absolute atomic E-state index is 0.0450. The lowest BCUT2D eigenvalue weighted by Gasteiger charge is -2.19. The van der Waals surface area contributed by atoms with E-state index in [1.54, 1.807) is 18.3 Å². The predicted octanol–water partition coefficient (Wildman–Crippen LogP) is 4.23. The van der Waals surface area contributed by atoms with Crippen molar-refractivity contribution in [1.82, 2.24) is 10.3 Å². The SMILES string of the molecule is O=C(N[C@H](c1ccccc1)c1ccccn1)[C@H]1C[C@H]1c1ccccc1F. The fourth-order valence-electron chi connectivity index (χ4n) is 3.37. The normalized spacial score (nSPS) is 19.6. The smallest absolute Gasteiger partial charge is 0.224 e. The molecule has 3 aromatic rings. The van der Waals surface area contributed by atoms with E-state index in [2.05, 4.69) is 10.3 Å². The van der Waals surface area contributed by atoms with Gasteiger partial charge in [-0.15, -0.1) is 0 Å². The summed E-state index contributed by atoms with van der Waals surface area (Å²) in [4.78, 5) is 17.2. The Kier molecular flexibility index (Phi) is 4.48. The van der Waals surface area contributed by atoms with Gasteiger partial charge in [-0.1, -0.05) is 54.6 Å². The van der Waals surface area contributed by atoms with Crippen molar-refractivity contribution in [2.45, 2.75) is 18.4 Å². The summed E-state index contributed by atoms with van der Waals surface area (Å²) in [7, 11) is 0. The first-order valence-corrected chi connectivity index (χ1v) is 8.74. The van der Waals surface area contributed by atoms with Crippen LogP contribution in [0.5, 0.6) is 0 Å². The number of carbonyl (C=O) groups excluding carboxylic acids is 1. The van der Waals surface area contributed by atoms with Crippen LogP contribution < -0.4 is 5.32 Å².